The highest BCUT2D eigenvalue weighted by molar-refractivity contribution is 8.15. The third-order valence-electron chi connectivity index (χ3n) is 5.96. The van der Waals surface area contributed by atoms with Gasteiger partial charge in [0.15, 0.2) is 16.7 Å². The number of ether oxygens (including phenoxy) is 3. The van der Waals surface area contributed by atoms with Gasteiger partial charge in [0, 0.05) is 23.7 Å². The van der Waals surface area contributed by atoms with Crippen LogP contribution in [0.5, 0.6) is 17.2 Å². The van der Waals surface area contributed by atoms with Crippen LogP contribution in [0.25, 0.3) is 0 Å². The van der Waals surface area contributed by atoms with Gasteiger partial charge < -0.3 is 19.5 Å². The lowest BCUT2D eigenvalue weighted by Crippen LogP contribution is -2.44. The Morgan fingerprint density at radius 3 is 2.50 bits per heavy atom. The molecule has 1 unspecified atom stereocenters. The summed E-state index contributed by atoms with van der Waals surface area (Å²) in [5.41, 5.74) is -4.04. The maximum absolute atomic E-state index is 13.3. The van der Waals surface area contributed by atoms with Crippen molar-refractivity contribution >= 4 is 51.7 Å². The highest BCUT2D eigenvalue weighted by atomic mass is 35.5. The van der Waals surface area contributed by atoms with E-state index < -0.39 is 34.4 Å². The zero-order valence-electron chi connectivity index (χ0n) is 21.2. The summed E-state index contributed by atoms with van der Waals surface area (Å²) in [6.07, 6.45) is -4.86. The number of halogens is 6. The van der Waals surface area contributed by atoms with Crippen LogP contribution in [0.1, 0.15) is 17.5 Å². The van der Waals surface area contributed by atoms with Gasteiger partial charge in [0.05, 0.1) is 17.8 Å². The molecule has 2 heterocycles. The summed E-state index contributed by atoms with van der Waals surface area (Å²) in [7, 11) is 0. The maximum atomic E-state index is 13.3. The van der Waals surface area contributed by atoms with Gasteiger partial charge in [-0.05, 0) is 60.2 Å². The number of carbonyl (C=O) groups is 2. The van der Waals surface area contributed by atoms with Crippen LogP contribution >= 0.6 is 23.4 Å². The predicted molar refractivity (Wildman–Crippen MR) is 144 cm³/mol. The monoisotopic (exact) mass is 627 g/mol. The van der Waals surface area contributed by atoms with E-state index in [1.54, 1.807) is 18.2 Å². The molecule has 0 aromatic heterocycles. The second-order valence-corrected chi connectivity index (χ2v) is 10.6. The number of benzene rings is 3. The Labute approximate surface area is 244 Å². The molecule has 1 saturated heterocycles. The number of alkyl halides is 6. The first-order chi connectivity index (χ1) is 19.8. The zero-order chi connectivity index (χ0) is 30.1. The molecule has 0 saturated carbocycles. The van der Waals surface area contributed by atoms with Crippen molar-refractivity contribution in [3.05, 3.63) is 77.9 Å². The normalized spacial score (nSPS) is 17.9. The summed E-state index contributed by atoms with van der Waals surface area (Å²) in [5, 5.41) is 1.60. The second kappa shape index (κ2) is 11.7. The number of amidine groups is 1. The maximum Gasteiger partial charge on any atom is 0.487 e. The van der Waals surface area contributed by atoms with Gasteiger partial charge in [-0.15, -0.1) is 8.78 Å². The summed E-state index contributed by atoms with van der Waals surface area (Å²) in [4.78, 5) is 32.0. The fraction of sp³-hybridized carbons (Fsp3) is 0.222. The van der Waals surface area contributed by atoms with E-state index in [1.165, 1.54) is 41.3 Å². The fourth-order valence-electron chi connectivity index (χ4n) is 4.04. The van der Waals surface area contributed by atoms with E-state index >= 15 is 0 Å². The van der Waals surface area contributed by atoms with Crippen molar-refractivity contribution in [3.8, 4) is 17.2 Å². The van der Waals surface area contributed by atoms with Crippen molar-refractivity contribution in [3.63, 3.8) is 0 Å². The summed E-state index contributed by atoms with van der Waals surface area (Å²) in [6, 6.07) is 14.3. The number of nitrogens with one attached hydrogen (secondary N) is 1. The number of fused-ring (bicyclic) bond motifs is 1. The Hall–Kier alpha value is -4.04. The van der Waals surface area contributed by atoms with E-state index in [1.807, 2.05) is 0 Å². The van der Waals surface area contributed by atoms with Crippen molar-refractivity contribution < 1.29 is 45.8 Å². The number of hydrogen-bond donors (Lipinski definition) is 1. The summed E-state index contributed by atoms with van der Waals surface area (Å²) in [5.74, 6) is -0.340. The lowest BCUT2D eigenvalue weighted by molar-refractivity contribution is -0.137. The minimum absolute atomic E-state index is 0.00126. The average Bonchev–Trinajstić information content (AvgIpc) is 3.38. The molecule has 1 N–H and O–H groups in total. The third-order valence-corrected chi connectivity index (χ3v) is 7.23. The van der Waals surface area contributed by atoms with Crippen molar-refractivity contribution in [1.82, 2.24) is 4.90 Å². The molecule has 2 aliphatic rings. The number of nitrogens with zero attached hydrogens (tertiary/aromatic N) is 2. The number of thioether (sulfide) groups is 1. The van der Waals surface area contributed by atoms with Gasteiger partial charge in [-0.2, -0.15) is 13.2 Å². The molecular formula is C27H19ClF5N3O5S. The molecule has 15 heteroatoms. The van der Waals surface area contributed by atoms with E-state index in [0.717, 1.165) is 23.9 Å². The SMILES string of the molecule is O=C(Nc1ccc(OC(F)(F)Cl)cc1)C1CC(=O)N(Cc2ccc3c(c2)OCO3)C(=Nc2cccc(C(F)(F)F)c2)S1. The molecule has 5 rings (SSSR count). The molecule has 0 aliphatic carbocycles. The van der Waals surface area contributed by atoms with Crippen LogP contribution in [0.15, 0.2) is 71.7 Å². The lowest BCUT2D eigenvalue weighted by Gasteiger charge is -2.32. The number of carbonyl (C=O) groups excluding carboxylic acids is 2. The topological polar surface area (TPSA) is 89.5 Å². The van der Waals surface area contributed by atoms with Crippen molar-refractivity contribution in [2.45, 2.75) is 30.0 Å². The van der Waals surface area contributed by atoms with Crippen molar-refractivity contribution in [2.24, 2.45) is 4.99 Å². The Morgan fingerprint density at radius 1 is 1.05 bits per heavy atom. The minimum atomic E-state index is -4.61. The zero-order valence-corrected chi connectivity index (χ0v) is 22.7. The van der Waals surface area contributed by atoms with Gasteiger partial charge in [-0.3, -0.25) is 14.5 Å². The lowest BCUT2D eigenvalue weighted by atomic mass is 10.1. The third kappa shape index (κ3) is 7.23. The molecule has 1 atom stereocenters. The molecule has 1 fully saturated rings. The molecule has 0 spiro atoms. The largest absolute Gasteiger partial charge is 0.487 e. The smallest absolute Gasteiger partial charge is 0.454 e. The van der Waals surface area contributed by atoms with Crippen LogP contribution in [0.4, 0.5) is 33.3 Å². The average molecular weight is 628 g/mol. The van der Waals surface area contributed by atoms with E-state index in [0.29, 0.717) is 17.1 Å². The molecule has 8 nitrogen and oxygen atoms in total. The molecule has 0 bridgehead atoms. The Morgan fingerprint density at radius 2 is 1.79 bits per heavy atom. The summed E-state index contributed by atoms with van der Waals surface area (Å²) >= 11 is 5.65. The van der Waals surface area contributed by atoms with Gasteiger partial charge in [0.2, 0.25) is 18.6 Å². The molecule has 3 aromatic carbocycles. The first kappa shape index (κ1) is 29.5. The predicted octanol–water partition coefficient (Wildman–Crippen LogP) is 6.76. The van der Waals surface area contributed by atoms with Gasteiger partial charge in [0.1, 0.15) is 11.0 Å². The first-order valence-electron chi connectivity index (χ1n) is 12.1. The van der Waals surface area contributed by atoms with E-state index in [2.05, 4.69) is 15.0 Å². The standard InChI is InChI=1S/C27H19ClF5N3O5S/c28-27(32,33)41-19-7-5-17(6-8-19)34-24(38)22-12-23(37)36(13-15-4-9-20-21(10-15)40-14-39-20)25(42-22)35-18-3-1-2-16(11-18)26(29,30)31/h1-11,22H,12-14H2,(H,34,38). The first-order valence-corrected chi connectivity index (χ1v) is 13.4. The molecule has 42 heavy (non-hydrogen) atoms. The van der Waals surface area contributed by atoms with Crippen LogP contribution in [0, 0.1) is 0 Å². The number of anilines is 1. The summed E-state index contributed by atoms with van der Waals surface area (Å²) < 4.78 is 80.6. The molecular weight excluding hydrogens is 609 g/mol. The van der Waals surface area contributed by atoms with Gasteiger partial charge >= 0.3 is 11.7 Å². The van der Waals surface area contributed by atoms with Gasteiger partial charge in [0.25, 0.3) is 0 Å². The van der Waals surface area contributed by atoms with Crippen LogP contribution in [0.3, 0.4) is 0 Å². The molecule has 2 amide bonds. The highest BCUT2D eigenvalue weighted by Gasteiger charge is 2.37. The quantitative estimate of drug-likeness (QED) is 0.230. The molecule has 0 radical (unpaired) electrons. The minimum Gasteiger partial charge on any atom is -0.454 e. The number of rotatable bonds is 7. The van der Waals surface area contributed by atoms with Crippen molar-refractivity contribution in [1.29, 1.82) is 0 Å². The Kier molecular flexibility index (Phi) is 8.19. The van der Waals surface area contributed by atoms with Crippen LogP contribution in [0.2, 0.25) is 0 Å². The Balaban J connectivity index is 1.39. The molecule has 3 aromatic rings. The number of amides is 2. The van der Waals surface area contributed by atoms with E-state index in [4.69, 9.17) is 21.1 Å². The van der Waals surface area contributed by atoms with E-state index in [-0.39, 0.29) is 42.1 Å². The number of aliphatic imine (C=N–C) groups is 1. The Bertz CT molecular complexity index is 1530. The highest BCUT2D eigenvalue weighted by Crippen LogP contribution is 2.36. The summed E-state index contributed by atoms with van der Waals surface area (Å²) in [6.45, 7) is 0.0482. The van der Waals surface area contributed by atoms with Crippen LogP contribution in [-0.2, 0) is 22.3 Å². The second-order valence-electron chi connectivity index (χ2n) is 8.98. The molecule has 220 valence electrons. The van der Waals surface area contributed by atoms with E-state index in [9.17, 15) is 31.5 Å². The molecule has 2 aliphatic heterocycles. The van der Waals surface area contributed by atoms with Crippen LogP contribution in [-0.4, -0.2) is 39.5 Å². The fourth-order valence-corrected chi connectivity index (χ4v) is 5.23. The van der Waals surface area contributed by atoms with Gasteiger partial charge in [-0.25, -0.2) is 4.99 Å². The van der Waals surface area contributed by atoms with Crippen LogP contribution < -0.4 is 19.5 Å². The van der Waals surface area contributed by atoms with Gasteiger partial charge in [-0.1, -0.05) is 23.9 Å². The van der Waals surface area contributed by atoms with Crippen molar-refractivity contribution in [2.75, 3.05) is 12.1 Å². The number of hydrogen-bond acceptors (Lipinski definition) is 7.